The summed E-state index contributed by atoms with van der Waals surface area (Å²) >= 11 is 0. The first-order chi connectivity index (χ1) is 10.2. The average molecular weight is 287 g/mol. The van der Waals surface area contributed by atoms with E-state index >= 15 is 0 Å². The molecule has 21 heavy (non-hydrogen) atoms. The Morgan fingerprint density at radius 1 is 1.24 bits per heavy atom. The molecular weight excluding hydrogens is 266 g/mol. The van der Waals surface area contributed by atoms with Gasteiger partial charge in [0.2, 0.25) is 0 Å². The number of carboxylic acids is 1. The molecule has 0 atom stereocenters. The molecule has 4 heteroatoms. The largest absolute Gasteiger partial charge is 0.496 e. The Balaban J connectivity index is 2.32. The number of benzene rings is 2. The van der Waals surface area contributed by atoms with Crippen LogP contribution in [0.15, 0.2) is 36.4 Å². The summed E-state index contributed by atoms with van der Waals surface area (Å²) in [6, 6.07) is 12.2. The molecule has 0 saturated heterocycles. The fourth-order valence-electron chi connectivity index (χ4n) is 2.50. The van der Waals surface area contributed by atoms with E-state index < -0.39 is 5.97 Å². The standard InChI is InChI=1S/C17H21NO3/c1-3-18(11-10-17(19)20)12-15-14-7-5-4-6-13(14)8-9-16(15)21-2/h4-9H,3,10-12H2,1-2H3,(H,19,20). The Morgan fingerprint density at radius 2 is 2.00 bits per heavy atom. The minimum atomic E-state index is -0.765. The van der Waals surface area contributed by atoms with Crippen LogP contribution in [0.4, 0.5) is 0 Å². The summed E-state index contributed by atoms with van der Waals surface area (Å²) < 4.78 is 5.48. The zero-order valence-electron chi connectivity index (χ0n) is 12.5. The van der Waals surface area contributed by atoms with Crippen LogP contribution in [0.5, 0.6) is 5.75 Å². The van der Waals surface area contributed by atoms with Gasteiger partial charge in [0, 0.05) is 18.7 Å². The van der Waals surface area contributed by atoms with Gasteiger partial charge in [-0.15, -0.1) is 0 Å². The Kier molecular flexibility index (Phi) is 5.17. The van der Waals surface area contributed by atoms with E-state index in [1.54, 1.807) is 7.11 Å². The Bertz CT molecular complexity index is 624. The molecule has 0 spiro atoms. The molecule has 0 aliphatic rings. The number of carbonyl (C=O) groups is 1. The highest BCUT2D eigenvalue weighted by molar-refractivity contribution is 5.87. The third-order valence-corrected chi connectivity index (χ3v) is 3.69. The molecule has 4 nitrogen and oxygen atoms in total. The highest BCUT2D eigenvalue weighted by Crippen LogP contribution is 2.29. The summed E-state index contributed by atoms with van der Waals surface area (Å²) in [6.45, 7) is 4.08. The van der Waals surface area contributed by atoms with Gasteiger partial charge in [-0.3, -0.25) is 9.69 Å². The number of nitrogens with zero attached hydrogens (tertiary/aromatic N) is 1. The summed E-state index contributed by atoms with van der Waals surface area (Å²) in [5.74, 6) is 0.0841. The quantitative estimate of drug-likeness (QED) is 0.850. The molecule has 0 aromatic heterocycles. The van der Waals surface area contributed by atoms with Gasteiger partial charge in [-0.2, -0.15) is 0 Å². The van der Waals surface area contributed by atoms with E-state index in [0.717, 1.165) is 23.2 Å². The highest BCUT2D eigenvalue weighted by Gasteiger charge is 2.13. The van der Waals surface area contributed by atoms with E-state index in [-0.39, 0.29) is 6.42 Å². The van der Waals surface area contributed by atoms with Gasteiger partial charge < -0.3 is 9.84 Å². The summed E-state index contributed by atoms with van der Waals surface area (Å²) in [5.41, 5.74) is 1.11. The van der Waals surface area contributed by atoms with Gasteiger partial charge in [-0.05, 0) is 23.4 Å². The third-order valence-electron chi connectivity index (χ3n) is 3.69. The molecule has 2 rings (SSSR count). The molecule has 0 unspecified atom stereocenters. The van der Waals surface area contributed by atoms with Crippen molar-refractivity contribution in [3.8, 4) is 5.75 Å². The normalized spacial score (nSPS) is 11.0. The average Bonchev–Trinajstić information content (AvgIpc) is 2.51. The van der Waals surface area contributed by atoms with Crippen molar-refractivity contribution in [3.05, 3.63) is 42.0 Å². The van der Waals surface area contributed by atoms with Crippen LogP contribution >= 0.6 is 0 Å². The van der Waals surface area contributed by atoms with E-state index in [0.29, 0.717) is 13.1 Å². The maximum absolute atomic E-state index is 10.8. The van der Waals surface area contributed by atoms with Gasteiger partial charge in [0.1, 0.15) is 5.75 Å². The lowest BCUT2D eigenvalue weighted by Crippen LogP contribution is -2.26. The van der Waals surface area contributed by atoms with Crippen LogP contribution in [0.25, 0.3) is 10.8 Å². The van der Waals surface area contributed by atoms with Crippen molar-refractivity contribution in [1.29, 1.82) is 0 Å². The van der Waals surface area contributed by atoms with Crippen molar-refractivity contribution in [1.82, 2.24) is 4.90 Å². The molecule has 112 valence electrons. The van der Waals surface area contributed by atoms with E-state index in [2.05, 4.69) is 17.0 Å². The molecule has 0 amide bonds. The molecule has 1 N–H and O–H groups in total. The van der Waals surface area contributed by atoms with Crippen molar-refractivity contribution in [2.45, 2.75) is 19.9 Å². The van der Waals surface area contributed by atoms with Crippen LogP contribution in [0, 0.1) is 0 Å². The van der Waals surface area contributed by atoms with Crippen LogP contribution in [-0.2, 0) is 11.3 Å². The second kappa shape index (κ2) is 7.09. The van der Waals surface area contributed by atoms with Crippen molar-refractivity contribution >= 4 is 16.7 Å². The monoisotopic (exact) mass is 287 g/mol. The first-order valence-corrected chi connectivity index (χ1v) is 7.14. The lowest BCUT2D eigenvalue weighted by Gasteiger charge is -2.22. The van der Waals surface area contributed by atoms with Crippen molar-refractivity contribution in [3.63, 3.8) is 0 Å². The Morgan fingerprint density at radius 3 is 2.67 bits per heavy atom. The van der Waals surface area contributed by atoms with Crippen LogP contribution in [0.1, 0.15) is 18.9 Å². The minimum absolute atomic E-state index is 0.154. The highest BCUT2D eigenvalue weighted by atomic mass is 16.5. The molecule has 0 saturated carbocycles. The smallest absolute Gasteiger partial charge is 0.304 e. The Hall–Kier alpha value is -2.07. The third kappa shape index (κ3) is 3.73. The van der Waals surface area contributed by atoms with Crippen molar-refractivity contribution in [2.75, 3.05) is 20.2 Å². The molecular formula is C17H21NO3. The number of aliphatic carboxylic acids is 1. The van der Waals surface area contributed by atoms with Crippen LogP contribution in [0.2, 0.25) is 0 Å². The predicted octanol–water partition coefficient (Wildman–Crippen LogP) is 3.15. The van der Waals surface area contributed by atoms with Gasteiger partial charge in [0.05, 0.1) is 13.5 Å². The fraction of sp³-hybridized carbons (Fsp3) is 0.353. The molecule has 0 bridgehead atoms. The van der Waals surface area contributed by atoms with E-state index in [1.807, 2.05) is 31.2 Å². The van der Waals surface area contributed by atoms with Crippen molar-refractivity contribution < 1.29 is 14.6 Å². The number of hydrogen-bond acceptors (Lipinski definition) is 3. The number of carboxylic acid groups (broad SMARTS) is 1. The summed E-state index contributed by atoms with van der Waals surface area (Å²) in [7, 11) is 1.67. The second-order valence-corrected chi connectivity index (χ2v) is 4.98. The second-order valence-electron chi connectivity index (χ2n) is 4.98. The molecule has 0 fully saturated rings. The van der Waals surface area contributed by atoms with Crippen LogP contribution in [-0.4, -0.2) is 36.2 Å². The van der Waals surface area contributed by atoms with Gasteiger partial charge in [-0.1, -0.05) is 37.3 Å². The molecule has 0 aliphatic carbocycles. The fourth-order valence-corrected chi connectivity index (χ4v) is 2.50. The molecule has 0 heterocycles. The van der Waals surface area contributed by atoms with Gasteiger partial charge in [0.15, 0.2) is 0 Å². The number of methoxy groups -OCH3 is 1. The van der Waals surface area contributed by atoms with E-state index in [1.165, 1.54) is 5.39 Å². The molecule has 2 aromatic rings. The minimum Gasteiger partial charge on any atom is -0.496 e. The topological polar surface area (TPSA) is 49.8 Å². The van der Waals surface area contributed by atoms with Crippen LogP contribution in [0.3, 0.4) is 0 Å². The maximum atomic E-state index is 10.8. The summed E-state index contributed by atoms with van der Waals surface area (Å²) in [6.07, 6.45) is 0.154. The Labute approximate surface area is 124 Å². The lowest BCUT2D eigenvalue weighted by molar-refractivity contribution is -0.137. The van der Waals surface area contributed by atoms with E-state index in [9.17, 15) is 4.79 Å². The SMILES string of the molecule is CCN(CCC(=O)O)Cc1c(OC)ccc2ccccc12. The first-order valence-electron chi connectivity index (χ1n) is 7.14. The zero-order valence-corrected chi connectivity index (χ0v) is 12.5. The molecule has 0 aliphatic heterocycles. The lowest BCUT2D eigenvalue weighted by atomic mass is 10.0. The van der Waals surface area contributed by atoms with E-state index in [4.69, 9.17) is 9.84 Å². The number of hydrogen-bond donors (Lipinski definition) is 1. The molecule has 2 aromatic carbocycles. The van der Waals surface area contributed by atoms with Crippen LogP contribution < -0.4 is 4.74 Å². The number of ether oxygens (including phenoxy) is 1. The summed E-state index contributed by atoms with van der Waals surface area (Å²) in [4.78, 5) is 12.9. The number of fused-ring (bicyclic) bond motifs is 1. The summed E-state index contributed by atoms with van der Waals surface area (Å²) in [5, 5.41) is 11.2. The van der Waals surface area contributed by atoms with Gasteiger partial charge in [0.25, 0.3) is 0 Å². The van der Waals surface area contributed by atoms with Crippen molar-refractivity contribution in [2.24, 2.45) is 0 Å². The zero-order chi connectivity index (χ0) is 15.2. The first kappa shape index (κ1) is 15.3. The molecule has 0 radical (unpaired) electrons. The predicted molar refractivity (Wildman–Crippen MR) is 83.7 cm³/mol. The van der Waals surface area contributed by atoms with Gasteiger partial charge in [-0.25, -0.2) is 0 Å². The van der Waals surface area contributed by atoms with Gasteiger partial charge >= 0.3 is 5.97 Å². The maximum Gasteiger partial charge on any atom is 0.304 e. The number of rotatable bonds is 7.